The lowest BCUT2D eigenvalue weighted by atomic mass is 10.1. The Labute approximate surface area is 148 Å². The van der Waals surface area contributed by atoms with Crippen LogP contribution in [0.3, 0.4) is 0 Å². The number of anilines is 1. The van der Waals surface area contributed by atoms with Gasteiger partial charge in [0.2, 0.25) is 5.89 Å². The van der Waals surface area contributed by atoms with E-state index in [0.29, 0.717) is 33.8 Å². The van der Waals surface area contributed by atoms with Gasteiger partial charge in [-0.1, -0.05) is 30.3 Å². The van der Waals surface area contributed by atoms with Crippen molar-refractivity contribution in [3.8, 4) is 11.5 Å². The summed E-state index contributed by atoms with van der Waals surface area (Å²) in [6.07, 6.45) is 0. The summed E-state index contributed by atoms with van der Waals surface area (Å²) in [7, 11) is 0. The van der Waals surface area contributed by atoms with Crippen molar-refractivity contribution in [2.75, 3.05) is 4.90 Å². The molecule has 4 aromatic rings. The largest absolute Gasteiger partial charge is 0.436 e. The van der Waals surface area contributed by atoms with E-state index in [9.17, 15) is 9.59 Å². The van der Waals surface area contributed by atoms with Crippen molar-refractivity contribution < 1.29 is 14.0 Å². The van der Waals surface area contributed by atoms with Gasteiger partial charge in [0.1, 0.15) is 5.52 Å². The predicted octanol–water partition coefficient (Wildman–Crippen LogP) is 4.30. The fourth-order valence-corrected chi connectivity index (χ4v) is 3.18. The van der Waals surface area contributed by atoms with E-state index in [4.69, 9.17) is 4.42 Å². The minimum atomic E-state index is -0.326. The SMILES string of the molecule is O=C1c2ccccc2C(=O)N1c1ccc2nc(-c3ccccc3)oc2c1. The number of carbonyl (C=O) groups is 2. The second-order valence-corrected chi connectivity index (χ2v) is 6.03. The van der Waals surface area contributed by atoms with Crippen LogP contribution in [-0.2, 0) is 0 Å². The van der Waals surface area contributed by atoms with E-state index in [1.807, 2.05) is 30.3 Å². The average molecular weight is 340 g/mol. The third kappa shape index (κ3) is 2.07. The smallest absolute Gasteiger partial charge is 0.266 e. The molecule has 0 saturated heterocycles. The van der Waals surface area contributed by atoms with Crippen molar-refractivity contribution in [1.29, 1.82) is 0 Å². The van der Waals surface area contributed by atoms with E-state index >= 15 is 0 Å². The quantitative estimate of drug-likeness (QED) is 0.511. The maximum atomic E-state index is 12.6. The number of aromatic nitrogens is 1. The van der Waals surface area contributed by atoms with E-state index in [-0.39, 0.29) is 11.8 Å². The average Bonchev–Trinajstić information content (AvgIpc) is 3.22. The fraction of sp³-hybridized carbons (Fsp3) is 0. The summed E-state index contributed by atoms with van der Waals surface area (Å²) >= 11 is 0. The van der Waals surface area contributed by atoms with E-state index in [1.165, 1.54) is 4.90 Å². The molecular weight excluding hydrogens is 328 g/mol. The second-order valence-electron chi connectivity index (χ2n) is 6.03. The Morgan fingerprint density at radius 1 is 0.769 bits per heavy atom. The van der Waals surface area contributed by atoms with Gasteiger partial charge < -0.3 is 4.42 Å². The molecule has 5 heteroatoms. The van der Waals surface area contributed by atoms with Gasteiger partial charge in [-0.3, -0.25) is 9.59 Å². The van der Waals surface area contributed by atoms with Gasteiger partial charge in [0.05, 0.1) is 16.8 Å². The number of hydrogen-bond acceptors (Lipinski definition) is 4. The van der Waals surface area contributed by atoms with Crippen LogP contribution in [-0.4, -0.2) is 16.8 Å². The highest BCUT2D eigenvalue weighted by atomic mass is 16.3. The second kappa shape index (κ2) is 5.39. The molecule has 1 aliphatic rings. The van der Waals surface area contributed by atoms with Gasteiger partial charge in [0.25, 0.3) is 11.8 Å². The Hall–Kier alpha value is -3.73. The van der Waals surface area contributed by atoms with E-state index in [0.717, 1.165) is 5.56 Å². The molecule has 0 spiro atoms. The molecule has 1 aliphatic heterocycles. The molecule has 124 valence electrons. The molecule has 0 saturated carbocycles. The van der Waals surface area contributed by atoms with E-state index < -0.39 is 0 Å². The molecule has 0 unspecified atom stereocenters. The lowest BCUT2D eigenvalue weighted by Gasteiger charge is -2.13. The van der Waals surface area contributed by atoms with Gasteiger partial charge in [-0.05, 0) is 36.4 Å². The van der Waals surface area contributed by atoms with Crippen molar-refractivity contribution >= 4 is 28.6 Å². The highest BCUT2D eigenvalue weighted by molar-refractivity contribution is 6.34. The maximum absolute atomic E-state index is 12.6. The highest BCUT2D eigenvalue weighted by Gasteiger charge is 2.36. The van der Waals surface area contributed by atoms with Gasteiger partial charge in [-0.25, -0.2) is 9.88 Å². The maximum Gasteiger partial charge on any atom is 0.266 e. The summed E-state index contributed by atoms with van der Waals surface area (Å²) in [5.74, 6) is -0.152. The first-order valence-corrected chi connectivity index (χ1v) is 8.16. The first-order valence-electron chi connectivity index (χ1n) is 8.16. The number of imide groups is 1. The first-order chi connectivity index (χ1) is 12.7. The van der Waals surface area contributed by atoms with Crippen LogP contribution in [0.1, 0.15) is 20.7 Å². The van der Waals surface area contributed by atoms with Crippen LogP contribution in [0.4, 0.5) is 5.69 Å². The third-order valence-corrected chi connectivity index (χ3v) is 4.45. The molecule has 2 amide bonds. The van der Waals surface area contributed by atoms with Crippen molar-refractivity contribution in [3.05, 3.63) is 83.9 Å². The number of carbonyl (C=O) groups excluding carboxylic acids is 2. The molecule has 0 atom stereocenters. The predicted molar refractivity (Wildman–Crippen MR) is 97.0 cm³/mol. The number of hydrogen-bond donors (Lipinski definition) is 0. The Kier molecular flexibility index (Phi) is 3.03. The van der Waals surface area contributed by atoms with Crippen molar-refractivity contribution in [1.82, 2.24) is 4.98 Å². The monoisotopic (exact) mass is 340 g/mol. The summed E-state index contributed by atoms with van der Waals surface area (Å²) < 4.78 is 5.84. The van der Waals surface area contributed by atoms with Gasteiger partial charge in [0.15, 0.2) is 5.58 Å². The summed E-state index contributed by atoms with van der Waals surface area (Å²) in [4.78, 5) is 30.9. The van der Waals surface area contributed by atoms with Gasteiger partial charge >= 0.3 is 0 Å². The zero-order valence-electron chi connectivity index (χ0n) is 13.5. The molecule has 1 aromatic heterocycles. The van der Waals surface area contributed by atoms with Crippen LogP contribution in [0.25, 0.3) is 22.6 Å². The molecular formula is C21H12N2O3. The van der Waals surface area contributed by atoms with Crippen LogP contribution in [0.15, 0.2) is 77.2 Å². The van der Waals surface area contributed by atoms with Crippen LogP contribution < -0.4 is 4.90 Å². The molecule has 0 radical (unpaired) electrons. The Morgan fingerprint density at radius 2 is 1.42 bits per heavy atom. The number of benzene rings is 3. The molecule has 0 bridgehead atoms. The van der Waals surface area contributed by atoms with Gasteiger partial charge in [-0.2, -0.15) is 0 Å². The first kappa shape index (κ1) is 14.6. The van der Waals surface area contributed by atoms with Crippen LogP contribution >= 0.6 is 0 Å². The number of amides is 2. The van der Waals surface area contributed by atoms with Crippen molar-refractivity contribution in [2.24, 2.45) is 0 Å². The molecule has 0 fully saturated rings. The zero-order valence-corrected chi connectivity index (χ0v) is 13.5. The summed E-state index contributed by atoms with van der Waals surface area (Å²) in [6, 6.07) is 21.5. The van der Waals surface area contributed by atoms with E-state index in [2.05, 4.69) is 4.98 Å². The van der Waals surface area contributed by atoms with E-state index in [1.54, 1.807) is 42.5 Å². The van der Waals surface area contributed by atoms with Crippen molar-refractivity contribution in [3.63, 3.8) is 0 Å². The number of oxazole rings is 1. The third-order valence-electron chi connectivity index (χ3n) is 4.45. The summed E-state index contributed by atoms with van der Waals surface area (Å²) in [5.41, 5.74) is 3.37. The Balaban J connectivity index is 1.59. The topological polar surface area (TPSA) is 63.4 Å². The lowest BCUT2D eigenvalue weighted by Crippen LogP contribution is -2.29. The Bertz CT molecular complexity index is 1140. The molecule has 5 rings (SSSR count). The minimum absolute atomic E-state index is 0.326. The fourth-order valence-electron chi connectivity index (χ4n) is 3.18. The standard InChI is InChI=1S/C21H12N2O3/c24-20-15-8-4-5-9-16(15)21(25)23(20)14-10-11-17-18(12-14)26-19(22-17)13-6-2-1-3-7-13/h1-12H. The molecule has 0 N–H and O–H groups in total. The van der Waals surface area contributed by atoms with Crippen molar-refractivity contribution in [2.45, 2.75) is 0 Å². The van der Waals surface area contributed by atoms with Crippen LogP contribution in [0.5, 0.6) is 0 Å². The number of rotatable bonds is 2. The highest BCUT2D eigenvalue weighted by Crippen LogP contribution is 2.32. The number of nitrogens with zero attached hydrogens (tertiary/aromatic N) is 2. The Morgan fingerprint density at radius 3 is 2.12 bits per heavy atom. The lowest BCUT2D eigenvalue weighted by molar-refractivity contribution is 0.0926. The molecule has 3 aromatic carbocycles. The van der Waals surface area contributed by atoms with Crippen LogP contribution in [0.2, 0.25) is 0 Å². The number of fused-ring (bicyclic) bond motifs is 2. The zero-order chi connectivity index (χ0) is 17.7. The summed E-state index contributed by atoms with van der Waals surface area (Å²) in [5, 5.41) is 0. The molecule has 2 heterocycles. The van der Waals surface area contributed by atoms with Gasteiger partial charge in [-0.15, -0.1) is 0 Å². The molecule has 26 heavy (non-hydrogen) atoms. The van der Waals surface area contributed by atoms with Crippen LogP contribution in [0, 0.1) is 0 Å². The molecule has 0 aliphatic carbocycles. The van der Waals surface area contributed by atoms with Gasteiger partial charge in [0, 0.05) is 11.6 Å². The molecule has 5 nitrogen and oxygen atoms in total. The normalized spacial score (nSPS) is 13.5. The minimum Gasteiger partial charge on any atom is -0.436 e. The summed E-state index contributed by atoms with van der Waals surface area (Å²) in [6.45, 7) is 0.